The number of nitrogens with one attached hydrogen (secondary N) is 1. The van der Waals surface area contributed by atoms with Gasteiger partial charge in [0.25, 0.3) is 5.56 Å². The van der Waals surface area contributed by atoms with Gasteiger partial charge in [-0.1, -0.05) is 11.6 Å². The Morgan fingerprint density at radius 2 is 2.10 bits per heavy atom. The summed E-state index contributed by atoms with van der Waals surface area (Å²) in [6, 6.07) is 6.91. The molecule has 1 aliphatic heterocycles. The molecule has 0 fully saturated rings. The lowest BCUT2D eigenvalue weighted by Crippen LogP contribution is -2.30. The number of halogens is 1. The molecule has 98 valence electrons. The van der Waals surface area contributed by atoms with Crippen molar-refractivity contribution in [3.8, 4) is 17.0 Å². The fourth-order valence-corrected chi connectivity index (χ4v) is 2.90. The monoisotopic (exact) mass is 303 g/mol. The van der Waals surface area contributed by atoms with Gasteiger partial charge in [0.05, 0.1) is 5.69 Å². The number of aromatic nitrogens is 2. The number of pyridine rings is 1. The fourth-order valence-electron chi connectivity index (χ4n) is 2.45. The van der Waals surface area contributed by atoms with Crippen LogP contribution in [0.3, 0.4) is 0 Å². The van der Waals surface area contributed by atoms with E-state index in [1.807, 2.05) is 0 Å². The molecule has 20 heavy (non-hydrogen) atoms. The van der Waals surface area contributed by atoms with Crippen LogP contribution in [-0.2, 0) is 0 Å². The highest BCUT2D eigenvalue weighted by atomic mass is 35.5. The molecule has 1 aromatic carbocycles. The SMILES string of the molecule is O=c1c2c(cc3c(O)[nH]c(=S)n13)-c1cc(Cl)ccc1N=2. The average Bonchev–Trinajstić information content (AvgIpc) is 2.89. The topological polar surface area (TPSA) is 69.9 Å². The molecule has 0 saturated carbocycles. The second kappa shape index (κ2) is 3.68. The van der Waals surface area contributed by atoms with Gasteiger partial charge in [-0.3, -0.25) is 4.79 Å². The molecule has 0 aliphatic carbocycles. The predicted octanol–water partition coefficient (Wildman–Crippen LogP) is 2.37. The van der Waals surface area contributed by atoms with E-state index in [2.05, 4.69) is 9.98 Å². The lowest BCUT2D eigenvalue weighted by molar-refractivity contribution is 0.462. The van der Waals surface area contributed by atoms with Crippen molar-refractivity contribution in [2.45, 2.75) is 0 Å². The van der Waals surface area contributed by atoms with E-state index in [9.17, 15) is 9.90 Å². The van der Waals surface area contributed by atoms with Crippen molar-refractivity contribution in [2.24, 2.45) is 4.99 Å². The Hall–Kier alpha value is -2.18. The Labute approximate surface area is 121 Å². The van der Waals surface area contributed by atoms with Crippen LogP contribution in [0.4, 0.5) is 5.69 Å². The Morgan fingerprint density at radius 3 is 2.90 bits per heavy atom. The van der Waals surface area contributed by atoms with Crippen LogP contribution in [0.15, 0.2) is 34.1 Å². The number of rotatable bonds is 0. The van der Waals surface area contributed by atoms with E-state index in [1.54, 1.807) is 24.3 Å². The van der Waals surface area contributed by atoms with Gasteiger partial charge in [0, 0.05) is 16.1 Å². The van der Waals surface area contributed by atoms with Gasteiger partial charge in [0.2, 0.25) is 5.88 Å². The Morgan fingerprint density at radius 1 is 1.30 bits per heavy atom. The number of benzene rings is 1. The van der Waals surface area contributed by atoms with Crippen molar-refractivity contribution in [3.63, 3.8) is 0 Å². The number of imidazole rings is 1. The van der Waals surface area contributed by atoms with Gasteiger partial charge in [-0.05, 0) is 36.5 Å². The van der Waals surface area contributed by atoms with Gasteiger partial charge in [-0.2, -0.15) is 0 Å². The maximum absolute atomic E-state index is 12.4. The van der Waals surface area contributed by atoms with Crippen LogP contribution >= 0.6 is 23.8 Å². The van der Waals surface area contributed by atoms with Crippen molar-refractivity contribution in [2.75, 3.05) is 0 Å². The van der Waals surface area contributed by atoms with E-state index in [-0.39, 0.29) is 16.2 Å². The molecule has 4 rings (SSSR count). The van der Waals surface area contributed by atoms with Crippen molar-refractivity contribution >= 4 is 35.0 Å². The molecule has 0 atom stereocenters. The summed E-state index contributed by atoms with van der Waals surface area (Å²) in [4.78, 5) is 19.3. The lowest BCUT2D eigenvalue weighted by Gasteiger charge is -2.00. The molecule has 3 aromatic rings. The zero-order chi connectivity index (χ0) is 14.0. The van der Waals surface area contributed by atoms with Crippen LogP contribution < -0.4 is 10.9 Å². The van der Waals surface area contributed by atoms with Crippen LogP contribution in [0.25, 0.3) is 16.6 Å². The Kier molecular flexibility index (Phi) is 2.14. The number of aromatic hydroxyl groups is 1. The molecule has 0 spiro atoms. The van der Waals surface area contributed by atoms with Gasteiger partial charge in [-0.15, -0.1) is 0 Å². The van der Waals surface area contributed by atoms with Crippen molar-refractivity contribution in [1.82, 2.24) is 9.38 Å². The summed E-state index contributed by atoms with van der Waals surface area (Å²) in [5.74, 6) is -0.134. The molecule has 0 saturated heterocycles. The van der Waals surface area contributed by atoms with Crippen LogP contribution in [-0.4, -0.2) is 14.5 Å². The molecule has 2 N–H and O–H groups in total. The normalized spacial score (nSPS) is 12.2. The van der Waals surface area contributed by atoms with E-state index in [1.165, 1.54) is 4.40 Å². The third kappa shape index (κ3) is 1.35. The van der Waals surface area contributed by atoms with Gasteiger partial charge < -0.3 is 10.1 Å². The highest BCUT2D eigenvalue weighted by Crippen LogP contribution is 2.35. The lowest BCUT2D eigenvalue weighted by atomic mass is 10.1. The first-order chi connectivity index (χ1) is 9.56. The van der Waals surface area contributed by atoms with E-state index in [4.69, 9.17) is 23.8 Å². The van der Waals surface area contributed by atoms with Crippen molar-refractivity contribution < 1.29 is 5.11 Å². The molecule has 0 unspecified atom stereocenters. The van der Waals surface area contributed by atoms with Crippen LogP contribution in [0.2, 0.25) is 5.02 Å². The van der Waals surface area contributed by atoms with E-state index < -0.39 is 0 Å². The summed E-state index contributed by atoms with van der Waals surface area (Å²) < 4.78 is 1.38. The second-order valence-corrected chi connectivity index (χ2v) is 5.31. The molecule has 2 aromatic heterocycles. The highest BCUT2D eigenvalue weighted by Gasteiger charge is 2.20. The Bertz CT molecular complexity index is 1070. The molecule has 5 nitrogen and oxygen atoms in total. The minimum atomic E-state index is -0.355. The number of hydrogen-bond donors (Lipinski definition) is 2. The molecule has 0 bridgehead atoms. The minimum absolute atomic E-state index is 0.134. The number of fused-ring (bicyclic) bond motifs is 4. The average molecular weight is 304 g/mol. The predicted molar refractivity (Wildman–Crippen MR) is 77.4 cm³/mol. The number of hydrogen-bond acceptors (Lipinski definition) is 4. The first-order valence-electron chi connectivity index (χ1n) is 5.75. The highest BCUT2D eigenvalue weighted by molar-refractivity contribution is 7.71. The summed E-state index contributed by atoms with van der Waals surface area (Å²) in [7, 11) is 0. The van der Waals surface area contributed by atoms with Crippen molar-refractivity contribution in [1.29, 1.82) is 0 Å². The fraction of sp³-hybridized carbons (Fsp3) is 0. The quantitative estimate of drug-likeness (QED) is 0.490. The second-order valence-electron chi connectivity index (χ2n) is 4.48. The van der Waals surface area contributed by atoms with Crippen molar-refractivity contribution in [3.05, 3.63) is 49.8 Å². The number of H-pyrrole nitrogens is 1. The summed E-state index contributed by atoms with van der Waals surface area (Å²) in [5.41, 5.74) is 2.09. The van der Waals surface area contributed by atoms with Gasteiger partial charge >= 0.3 is 0 Å². The summed E-state index contributed by atoms with van der Waals surface area (Å²) in [6.07, 6.45) is 0. The van der Waals surface area contributed by atoms with Gasteiger partial charge in [-0.25, -0.2) is 9.39 Å². The van der Waals surface area contributed by atoms with E-state index in [0.29, 0.717) is 27.1 Å². The van der Waals surface area contributed by atoms with E-state index >= 15 is 0 Å². The summed E-state index contributed by atoms with van der Waals surface area (Å²) in [6.45, 7) is 0. The largest absolute Gasteiger partial charge is 0.493 e. The van der Waals surface area contributed by atoms with E-state index in [0.717, 1.165) is 5.56 Å². The third-order valence-corrected chi connectivity index (χ3v) is 3.85. The number of aromatic amines is 1. The molecule has 3 heterocycles. The third-order valence-electron chi connectivity index (χ3n) is 3.33. The van der Waals surface area contributed by atoms with Gasteiger partial charge in [0.15, 0.2) is 4.77 Å². The van der Waals surface area contributed by atoms with Crippen LogP contribution in [0.1, 0.15) is 0 Å². The molecule has 1 aliphatic rings. The number of nitrogens with zero attached hydrogens (tertiary/aromatic N) is 2. The smallest absolute Gasteiger partial charge is 0.284 e. The molecule has 0 radical (unpaired) electrons. The van der Waals surface area contributed by atoms with Crippen LogP contribution in [0.5, 0.6) is 5.88 Å². The van der Waals surface area contributed by atoms with Gasteiger partial charge in [0.1, 0.15) is 10.9 Å². The molecular formula is C13H6ClN3O2S. The first-order valence-corrected chi connectivity index (χ1v) is 6.54. The zero-order valence-corrected chi connectivity index (χ0v) is 11.4. The van der Waals surface area contributed by atoms with Crippen LogP contribution in [0, 0.1) is 4.77 Å². The summed E-state index contributed by atoms with van der Waals surface area (Å²) >= 11 is 11.0. The maximum atomic E-state index is 12.4. The minimum Gasteiger partial charge on any atom is -0.493 e. The zero-order valence-electron chi connectivity index (χ0n) is 9.85. The maximum Gasteiger partial charge on any atom is 0.284 e. The molecule has 7 heteroatoms. The standard InChI is InChI=1S/C13H6ClN3O2S/c14-5-1-2-8-6(3-5)7-4-9-11(18)16-13(20)17(9)12(19)10(7)15-8/h1-4,18H,(H,16,20). The first kappa shape index (κ1) is 11.6. The molecule has 0 amide bonds. The molecular weight excluding hydrogens is 298 g/mol. The summed E-state index contributed by atoms with van der Waals surface area (Å²) in [5, 5.41) is 10.7. The Balaban J connectivity index is 2.26.